The molecule has 0 spiro atoms. The van der Waals surface area contributed by atoms with Crippen molar-refractivity contribution in [2.45, 2.75) is 6.04 Å². The quantitative estimate of drug-likeness (QED) is 0.540. The second-order valence-corrected chi connectivity index (χ2v) is 6.30. The smallest absolute Gasteiger partial charge is 0.275 e. The first-order valence-electron chi connectivity index (χ1n) is 8.96. The molecule has 4 N–H and O–H groups in total. The summed E-state index contributed by atoms with van der Waals surface area (Å²) in [5.74, 6) is -2.25. The number of quaternary nitrogens is 1. The zero-order valence-corrected chi connectivity index (χ0v) is 15.4. The lowest BCUT2D eigenvalue weighted by molar-refractivity contribution is -0.678. The molecule has 0 aliphatic rings. The van der Waals surface area contributed by atoms with E-state index in [-0.39, 0.29) is 30.7 Å². The zero-order chi connectivity index (χ0) is 20.6. The van der Waals surface area contributed by atoms with Crippen molar-refractivity contribution in [2.75, 3.05) is 18.4 Å². The number of rotatable bonds is 8. The molecule has 0 saturated heterocycles. The van der Waals surface area contributed by atoms with Crippen LogP contribution in [0.1, 0.15) is 17.4 Å². The number of nitrogens with one attached hydrogen (secondary N) is 2. The van der Waals surface area contributed by atoms with Crippen LogP contribution in [0.3, 0.4) is 0 Å². The molecule has 0 unspecified atom stereocenters. The number of furan rings is 1. The van der Waals surface area contributed by atoms with Gasteiger partial charge in [-0.3, -0.25) is 9.59 Å². The summed E-state index contributed by atoms with van der Waals surface area (Å²) in [4.78, 5) is 24.0. The lowest BCUT2D eigenvalue weighted by Crippen LogP contribution is -2.87. The van der Waals surface area contributed by atoms with Gasteiger partial charge in [0.25, 0.3) is 5.91 Å². The molecule has 3 aromatic rings. The van der Waals surface area contributed by atoms with Gasteiger partial charge in [0.2, 0.25) is 5.91 Å². The Balaban J connectivity index is 1.50. The molecule has 0 saturated carbocycles. The third-order valence-electron chi connectivity index (χ3n) is 4.20. The predicted molar refractivity (Wildman–Crippen MR) is 102 cm³/mol. The second kappa shape index (κ2) is 9.61. The van der Waals surface area contributed by atoms with Crippen LogP contribution in [-0.2, 0) is 9.59 Å². The van der Waals surface area contributed by atoms with Gasteiger partial charge in [0, 0.05) is 17.3 Å². The molecule has 1 heterocycles. The first-order valence-corrected chi connectivity index (χ1v) is 8.96. The molecule has 0 aliphatic carbocycles. The van der Waals surface area contributed by atoms with E-state index < -0.39 is 17.5 Å². The minimum Gasteiger partial charge on any atom is -0.463 e. The number of nitrogens with two attached hydrogens (primary N) is 1. The van der Waals surface area contributed by atoms with E-state index in [9.17, 15) is 18.4 Å². The van der Waals surface area contributed by atoms with Crippen LogP contribution in [0, 0.1) is 11.6 Å². The first-order chi connectivity index (χ1) is 14.0. The van der Waals surface area contributed by atoms with Crippen molar-refractivity contribution in [1.82, 2.24) is 5.32 Å². The molecule has 2 amide bonds. The Bertz CT molecular complexity index is 963. The van der Waals surface area contributed by atoms with Crippen LogP contribution in [0.25, 0.3) is 0 Å². The van der Waals surface area contributed by atoms with Crippen LogP contribution in [0.2, 0.25) is 0 Å². The maximum Gasteiger partial charge on any atom is 0.275 e. The number of hydrogen-bond acceptors (Lipinski definition) is 3. The summed E-state index contributed by atoms with van der Waals surface area (Å²) in [5.41, 5.74) is 1.09. The average molecular weight is 400 g/mol. The highest BCUT2D eigenvalue weighted by Gasteiger charge is 2.21. The largest absolute Gasteiger partial charge is 0.463 e. The van der Waals surface area contributed by atoms with E-state index in [0.29, 0.717) is 5.76 Å². The van der Waals surface area contributed by atoms with E-state index in [1.165, 1.54) is 6.07 Å². The number of hydrogen-bond donors (Lipinski definition) is 3. The van der Waals surface area contributed by atoms with Gasteiger partial charge in [0.1, 0.15) is 0 Å². The molecule has 29 heavy (non-hydrogen) atoms. The van der Waals surface area contributed by atoms with E-state index in [1.807, 2.05) is 36.4 Å². The topological polar surface area (TPSA) is 88.0 Å². The Morgan fingerprint density at radius 2 is 1.76 bits per heavy atom. The molecule has 0 aliphatic heterocycles. The lowest BCUT2D eigenvalue weighted by atomic mass is 10.0. The molecule has 3 rings (SSSR count). The van der Waals surface area contributed by atoms with Crippen LogP contribution in [0.4, 0.5) is 14.5 Å². The van der Waals surface area contributed by atoms with Gasteiger partial charge in [-0.25, -0.2) is 8.78 Å². The van der Waals surface area contributed by atoms with E-state index in [2.05, 4.69) is 10.6 Å². The van der Waals surface area contributed by atoms with E-state index in [1.54, 1.807) is 17.6 Å². The fourth-order valence-corrected chi connectivity index (χ4v) is 2.80. The SMILES string of the molecule is O=C(C[NH2+][C@H](c1ccccc1)c1ccco1)NCC(=O)Nc1ccc(F)c(F)c1. The minimum atomic E-state index is -1.06. The molecule has 6 nitrogen and oxygen atoms in total. The Morgan fingerprint density at radius 1 is 0.966 bits per heavy atom. The van der Waals surface area contributed by atoms with Gasteiger partial charge in [-0.2, -0.15) is 0 Å². The van der Waals surface area contributed by atoms with Crippen LogP contribution in [0.5, 0.6) is 0 Å². The summed E-state index contributed by atoms with van der Waals surface area (Å²) in [5, 5.41) is 6.70. The molecular formula is C21H20F2N3O3+. The average Bonchev–Trinajstić information content (AvgIpc) is 3.25. The number of amides is 2. The number of anilines is 1. The fraction of sp³-hybridized carbons (Fsp3) is 0.143. The number of halogens is 2. The molecular weight excluding hydrogens is 380 g/mol. The summed E-state index contributed by atoms with van der Waals surface area (Å²) in [6, 6.07) is 16.0. The first kappa shape index (κ1) is 20.2. The van der Waals surface area contributed by atoms with Crippen molar-refractivity contribution in [3.05, 3.63) is 89.9 Å². The Labute approximate surface area is 165 Å². The van der Waals surface area contributed by atoms with E-state index >= 15 is 0 Å². The van der Waals surface area contributed by atoms with Gasteiger partial charge >= 0.3 is 0 Å². The molecule has 1 atom stereocenters. The van der Waals surface area contributed by atoms with Crippen molar-refractivity contribution in [3.8, 4) is 0 Å². The molecule has 0 radical (unpaired) electrons. The number of carbonyl (C=O) groups is 2. The molecule has 0 fully saturated rings. The highest BCUT2D eigenvalue weighted by molar-refractivity contribution is 5.94. The van der Waals surface area contributed by atoms with Gasteiger partial charge in [0.15, 0.2) is 30.0 Å². The van der Waals surface area contributed by atoms with Crippen molar-refractivity contribution < 1.29 is 28.1 Å². The van der Waals surface area contributed by atoms with E-state index in [4.69, 9.17) is 4.42 Å². The molecule has 2 aromatic carbocycles. The van der Waals surface area contributed by atoms with Gasteiger partial charge in [-0.15, -0.1) is 0 Å². The van der Waals surface area contributed by atoms with Gasteiger partial charge < -0.3 is 20.4 Å². The van der Waals surface area contributed by atoms with Crippen molar-refractivity contribution in [1.29, 1.82) is 0 Å². The van der Waals surface area contributed by atoms with Gasteiger partial charge in [-0.05, 0) is 24.3 Å². The maximum absolute atomic E-state index is 13.2. The van der Waals surface area contributed by atoms with Crippen molar-refractivity contribution >= 4 is 17.5 Å². The summed E-state index contributed by atoms with van der Waals surface area (Å²) in [7, 11) is 0. The summed E-state index contributed by atoms with van der Waals surface area (Å²) < 4.78 is 31.6. The van der Waals surface area contributed by atoms with E-state index in [0.717, 1.165) is 17.7 Å². The molecule has 8 heteroatoms. The lowest BCUT2D eigenvalue weighted by Gasteiger charge is -2.14. The molecule has 150 valence electrons. The predicted octanol–water partition coefficient (Wildman–Crippen LogP) is 1.97. The molecule has 0 bridgehead atoms. The third kappa shape index (κ3) is 5.73. The van der Waals surface area contributed by atoms with Crippen LogP contribution < -0.4 is 16.0 Å². The van der Waals surface area contributed by atoms with Crippen LogP contribution in [0.15, 0.2) is 71.3 Å². The highest BCUT2D eigenvalue weighted by Crippen LogP contribution is 2.18. The van der Waals surface area contributed by atoms with Crippen LogP contribution >= 0.6 is 0 Å². The Morgan fingerprint density at radius 3 is 2.45 bits per heavy atom. The standard InChI is InChI=1S/C21H19F2N3O3/c22-16-9-8-15(11-17(16)23)26-20(28)13-24-19(27)12-25-21(18-7-4-10-29-18)14-5-2-1-3-6-14/h1-11,21,25H,12-13H2,(H,24,27)(H,26,28)/p+1/t21-/m1/s1. The monoisotopic (exact) mass is 400 g/mol. The minimum absolute atomic E-state index is 0.0682. The maximum atomic E-state index is 13.2. The molecule has 1 aromatic heterocycles. The fourth-order valence-electron chi connectivity index (χ4n) is 2.80. The normalized spacial score (nSPS) is 11.7. The van der Waals surface area contributed by atoms with Gasteiger partial charge in [0.05, 0.1) is 12.8 Å². The van der Waals surface area contributed by atoms with Crippen molar-refractivity contribution in [2.24, 2.45) is 0 Å². The zero-order valence-electron chi connectivity index (χ0n) is 15.4. The third-order valence-corrected chi connectivity index (χ3v) is 4.20. The van der Waals surface area contributed by atoms with Gasteiger partial charge in [-0.1, -0.05) is 30.3 Å². The number of carbonyl (C=O) groups excluding carboxylic acids is 2. The Kier molecular flexibility index (Phi) is 6.70. The van der Waals surface area contributed by atoms with Crippen LogP contribution in [-0.4, -0.2) is 24.9 Å². The Hall–Kier alpha value is -3.52. The number of benzene rings is 2. The highest BCUT2D eigenvalue weighted by atomic mass is 19.2. The summed E-state index contributed by atoms with van der Waals surface area (Å²) in [6.45, 7) is -0.221. The van der Waals surface area contributed by atoms with Crippen molar-refractivity contribution in [3.63, 3.8) is 0 Å². The second-order valence-electron chi connectivity index (χ2n) is 6.30. The summed E-state index contributed by atoms with van der Waals surface area (Å²) in [6.07, 6.45) is 1.57. The summed E-state index contributed by atoms with van der Waals surface area (Å²) >= 11 is 0.